The third kappa shape index (κ3) is 3.66. The summed E-state index contributed by atoms with van der Waals surface area (Å²) in [6.07, 6.45) is 0. The van der Waals surface area contributed by atoms with Crippen molar-refractivity contribution in [2.75, 3.05) is 18.2 Å². The molecule has 5 nitrogen and oxygen atoms in total. The largest absolute Gasteiger partial charge is 0.364 e. The van der Waals surface area contributed by atoms with Crippen molar-refractivity contribution >= 4 is 21.4 Å². The summed E-state index contributed by atoms with van der Waals surface area (Å²) in [5.74, 6) is -0.295. The highest BCUT2D eigenvalue weighted by molar-refractivity contribution is 7.91. The van der Waals surface area contributed by atoms with Crippen LogP contribution in [0.5, 0.6) is 0 Å². The van der Waals surface area contributed by atoms with Gasteiger partial charge in [0.1, 0.15) is 0 Å². The van der Waals surface area contributed by atoms with Crippen LogP contribution in [-0.4, -0.2) is 27.2 Å². The smallest absolute Gasteiger partial charge is 0.260 e. The Hall–Kier alpha value is -2.18. The molecule has 0 aliphatic heterocycles. The standard InChI is InChI=1S/C18H21NO4S/c1-4-24(21,22)16-12-10-15(11-13-16)19-17(20)18(2,23-3)14-8-6-5-7-9-14/h5-13H,4H2,1-3H3,(H,19,20)/t18-/m0/s1. The number of hydrogen-bond acceptors (Lipinski definition) is 4. The number of anilines is 1. The molecule has 0 saturated carbocycles. The van der Waals surface area contributed by atoms with Crippen LogP contribution in [0.3, 0.4) is 0 Å². The van der Waals surface area contributed by atoms with Crippen molar-refractivity contribution in [2.24, 2.45) is 0 Å². The molecule has 6 heteroatoms. The zero-order valence-electron chi connectivity index (χ0n) is 13.9. The molecule has 0 saturated heterocycles. The van der Waals surface area contributed by atoms with Gasteiger partial charge in [0.15, 0.2) is 15.4 Å². The monoisotopic (exact) mass is 347 g/mol. The van der Waals surface area contributed by atoms with E-state index in [1.165, 1.54) is 19.2 Å². The van der Waals surface area contributed by atoms with Crippen LogP contribution < -0.4 is 5.32 Å². The van der Waals surface area contributed by atoms with E-state index in [0.29, 0.717) is 5.69 Å². The summed E-state index contributed by atoms with van der Waals surface area (Å²) in [6, 6.07) is 15.3. The maximum absolute atomic E-state index is 12.6. The second kappa shape index (κ2) is 7.15. The van der Waals surface area contributed by atoms with Gasteiger partial charge in [0.05, 0.1) is 10.6 Å². The number of carbonyl (C=O) groups excluding carboxylic acids is 1. The predicted octanol–water partition coefficient (Wildman–Crippen LogP) is 2.98. The molecule has 0 aliphatic rings. The first-order valence-corrected chi connectivity index (χ1v) is 9.23. The molecule has 1 N–H and O–H groups in total. The SMILES string of the molecule is CCS(=O)(=O)c1ccc(NC(=O)[C@@](C)(OC)c2ccccc2)cc1. The van der Waals surface area contributed by atoms with Gasteiger partial charge in [-0.15, -0.1) is 0 Å². The topological polar surface area (TPSA) is 72.5 Å². The summed E-state index contributed by atoms with van der Waals surface area (Å²) in [5.41, 5.74) is 0.0968. The van der Waals surface area contributed by atoms with Crippen molar-refractivity contribution in [3.8, 4) is 0 Å². The Labute approximate surface area is 142 Å². The molecule has 0 bridgehead atoms. The highest BCUT2D eigenvalue weighted by Crippen LogP contribution is 2.26. The van der Waals surface area contributed by atoms with E-state index in [9.17, 15) is 13.2 Å². The zero-order chi connectivity index (χ0) is 17.8. The molecule has 2 aromatic rings. The van der Waals surface area contributed by atoms with Crippen LogP contribution >= 0.6 is 0 Å². The average molecular weight is 347 g/mol. The zero-order valence-corrected chi connectivity index (χ0v) is 14.8. The molecule has 2 rings (SSSR count). The molecular formula is C18H21NO4S. The number of hydrogen-bond donors (Lipinski definition) is 1. The number of rotatable bonds is 6. The Balaban J connectivity index is 2.22. The van der Waals surface area contributed by atoms with E-state index in [1.54, 1.807) is 26.0 Å². The number of methoxy groups -OCH3 is 1. The Morgan fingerprint density at radius 1 is 1.08 bits per heavy atom. The lowest BCUT2D eigenvalue weighted by atomic mass is 9.94. The molecule has 0 aromatic heterocycles. The first-order chi connectivity index (χ1) is 11.3. The van der Waals surface area contributed by atoms with Crippen molar-refractivity contribution in [1.82, 2.24) is 0 Å². The van der Waals surface area contributed by atoms with Crippen LogP contribution in [0, 0.1) is 0 Å². The molecular weight excluding hydrogens is 326 g/mol. The third-order valence-electron chi connectivity index (χ3n) is 4.02. The maximum atomic E-state index is 12.6. The fraction of sp³-hybridized carbons (Fsp3) is 0.278. The molecule has 0 radical (unpaired) electrons. The second-order valence-electron chi connectivity index (χ2n) is 5.49. The third-order valence-corrected chi connectivity index (χ3v) is 5.77. The summed E-state index contributed by atoms with van der Waals surface area (Å²) in [7, 11) is -1.78. The summed E-state index contributed by atoms with van der Waals surface area (Å²) in [5, 5.41) is 2.77. The molecule has 24 heavy (non-hydrogen) atoms. The summed E-state index contributed by atoms with van der Waals surface area (Å²) >= 11 is 0. The molecule has 2 aromatic carbocycles. The van der Waals surface area contributed by atoms with E-state index in [1.807, 2.05) is 30.3 Å². The van der Waals surface area contributed by atoms with E-state index in [0.717, 1.165) is 5.56 Å². The lowest BCUT2D eigenvalue weighted by molar-refractivity contribution is -0.136. The van der Waals surface area contributed by atoms with Crippen molar-refractivity contribution in [2.45, 2.75) is 24.3 Å². The summed E-state index contributed by atoms with van der Waals surface area (Å²) in [6.45, 7) is 3.28. The quantitative estimate of drug-likeness (QED) is 0.872. The number of sulfone groups is 1. The van der Waals surface area contributed by atoms with Crippen LogP contribution in [0.4, 0.5) is 5.69 Å². The number of ether oxygens (including phenoxy) is 1. The van der Waals surface area contributed by atoms with Crippen LogP contribution in [0.2, 0.25) is 0 Å². The van der Waals surface area contributed by atoms with Crippen LogP contribution in [-0.2, 0) is 25.0 Å². The summed E-state index contributed by atoms with van der Waals surface area (Å²) < 4.78 is 29.1. The van der Waals surface area contributed by atoms with Gasteiger partial charge in [0.25, 0.3) is 5.91 Å². The Morgan fingerprint density at radius 3 is 2.17 bits per heavy atom. The number of nitrogens with one attached hydrogen (secondary N) is 1. The Kier molecular flexibility index (Phi) is 5.41. The normalized spacial score (nSPS) is 14.0. The maximum Gasteiger partial charge on any atom is 0.260 e. The molecule has 1 atom stereocenters. The van der Waals surface area contributed by atoms with Crippen molar-refractivity contribution < 1.29 is 17.9 Å². The molecule has 0 spiro atoms. The minimum atomic E-state index is -3.26. The average Bonchev–Trinajstić information content (AvgIpc) is 2.62. The predicted molar refractivity (Wildman–Crippen MR) is 93.6 cm³/mol. The van der Waals surface area contributed by atoms with Gasteiger partial charge in [-0.2, -0.15) is 0 Å². The van der Waals surface area contributed by atoms with Crippen LogP contribution in [0.25, 0.3) is 0 Å². The number of amides is 1. The highest BCUT2D eigenvalue weighted by Gasteiger charge is 2.35. The van der Waals surface area contributed by atoms with E-state index >= 15 is 0 Å². The second-order valence-corrected chi connectivity index (χ2v) is 7.76. The van der Waals surface area contributed by atoms with Crippen molar-refractivity contribution in [3.63, 3.8) is 0 Å². The lowest BCUT2D eigenvalue weighted by Crippen LogP contribution is -2.39. The van der Waals surface area contributed by atoms with E-state index in [4.69, 9.17) is 4.74 Å². The van der Waals surface area contributed by atoms with Gasteiger partial charge in [-0.3, -0.25) is 4.79 Å². The molecule has 0 fully saturated rings. The van der Waals surface area contributed by atoms with Gasteiger partial charge in [-0.1, -0.05) is 37.3 Å². The van der Waals surface area contributed by atoms with Gasteiger partial charge < -0.3 is 10.1 Å². The van der Waals surface area contributed by atoms with Crippen LogP contribution in [0.1, 0.15) is 19.4 Å². The van der Waals surface area contributed by atoms with Gasteiger partial charge in [0, 0.05) is 12.8 Å². The van der Waals surface area contributed by atoms with Crippen molar-refractivity contribution in [3.05, 3.63) is 60.2 Å². The number of carbonyl (C=O) groups is 1. The molecule has 0 aliphatic carbocycles. The fourth-order valence-corrected chi connectivity index (χ4v) is 3.14. The molecule has 1 amide bonds. The fourth-order valence-electron chi connectivity index (χ4n) is 2.26. The Morgan fingerprint density at radius 2 is 1.67 bits per heavy atom. The number of benzene rings is 2. The molecule has 0 unspecified atom stereocenters. The first kappa shape index (κ1) is 18.2. The van der Waals surface area contributed by atoms with E-state index in [2.05, 4.69) is 5.32 Å². The summed E-state index contributed by atoms with van der Waals surface area (Å²) in [4.78, 5) is 12.9. The van der Waals surface area contributed by atoms with Gasteiger partial charge in [0.2, 0.25) is 0 Å². The minimum Gasteiger partial charge on any atom is -0.364 e. The highest BCUT2D eigenvalue weighted by atomic mass is 32.2. The lowest BCUT2D eigenvalue weighted by Gasteiger charge is -2.27. The van der Waals surface area contributed by atoms with Crippen LogP contribution in [0.15, 0.2) is 59.5 Å². The Bertz CT molecular complexity index is 801. The first-order valence-electron chi connectivity index (χ1n) is 7.58. The van der Waals surface area contributed by atoms with Gasteiger partial charge in [-0.05, 0) is 36.8 Å². The van der Waals surface area contributed by atoms with Crippen molar-refractivity contribution in [1.29, 1.82) is 0 Å². The minimum absolute atomic E-state index is 0.0362. The molecule has 0 heterocycles. The molecule has 128 valence electrons. The van der Waals surface area contributed by atoms with Gasteiger partial charge in [-0.25, -0.2) is 8.42 Å². The van der Waals surface area contributed by atoms with Gasteiger partial charge >= 0.3 is 0 Å². The van der Waals surface area contributed by atoms with E-state index in [-0.39, 0.29) is 16.6 Å². The van der Waals surface area contributed by atoms with E-state index < -0.39 is 15.4 Å².